The lowest BCUT2D eigenvalue weighted by Crippen LogP contribution is -2.48. The van der Waals surface area contributed by atoms with E-state index in [1.165, 1.54) is 5.56 Å². The minimum atomic E-state index is 0.186. The summed E-state index contributed by atoms with van der Waals surface area (Å²) >= 11 is 0. The van der Waals surface area contributed by atoms with Crippen LogP contribution in [0.5, 0.6) is 5.75 Å². The number of hydrogen-bond acceptors (Lipinski definition) is 7. The van der Waals surface area contributed by atoms with Crippen LogP contribution in [0.3, 0.4) is 0 Å². The average molecular weight is 472 g/mol. The Balaban J connectivity index is 1.07. The van der Waals surface area contributed by atoms with E-state index in [-0.39, 0.29) is 5.91 Å². The van der Waals surface area contributed by atoms with Crippen LogP contribution in [0.2, 0.25) is 0 Å². The maximum absolute atomic E-state index is 12.7. The van der Waals surface area contributed by atoms with Crippen LogP contribution in [0.25, 0.3) is 22.3 Å². The summed E-state index contributed by atoms with van der Waals surface area (Å²) in [6, 6.07) is 17.9. The Hall–Kier alpha value is -3.78. The molecule has 0 bridgehead atoms. The minimum absolute atomic E-state index is 0.186. The first-order valence-corrected chi connectivity index (χ1v) is 12.0. The number of carbonyl (C=O) groups is 1. The van der Waals surface area contributed by atoms with Crippen LogP contribution < -0.4 is 4.74 Å². The zero-order valence-electron chi connectivity index (χ0n) is 19.9. The van der Waals surface area contributed by atoms with Crippen molar-refractivity contribution in [2.24, 2.45) is 0 Å². The Morgan fingerprint density at radius 1 is 1.03 bits per heavy atom. The van der Waals surface area contributed by atoms with E-state index in [1.54, 1.807) is 7.11 Å². The molecular weight excluding hydrogens is 442 g/mol. The summed E-state index contributed by atoms with van der Waals surface area (Å²) in [5.41, 5.74) is 3.16. The molecule has 1 aliphatic heterocycles. The molecule has 0 unspecified atom stereocenters. The van der Waals surface area contributed by atoms with Gasteiger partial charge in [-0.05, 0) is 42.3 Å². The van der Waals surface area contributed by atoms with Gasteiger partial charge >= 0.3 is 0 Å². The fourth-order valence-electron chi connectivity index (χ4n) is 4.45. The van der Waals surface area contributed by atoms with Crippen molar-refractivity contribution < 1.29 is 14.1 Å². The van der Waals surface area contributed by atoms with Gasteiger partial charge in [0.2, 0.25) is 17.6 Å². The molecule has 1 amide bonds. The number of hydrogen-bond donors (Lipinski definition) is 0. The number of para-hydroxylation sites is 1. The van der Waals surface area contributed by atoms with Gasteiger partial charge in [0.05, 0.1) is 12.6 Å². The minimum Gasteiger partial charge on any atom is -0.497 e. The number of aryl methyl sites for hydroxylation is 1. The second-order valence-electron chi connectivity index (χ2n) is 8.74. The number of amides is 1. The summed E-state index contributed by atoms with van der Waals surface area (Å²) in [6.07, 6.45) is 3.60. The van der Waals surface area contributed by atoms with Crippen molar-refractivity contribution in [3.63, 3.8) is 0 Å². The van der Waals surface area contributed by atoms with Crippen molar-refractivity contribution in [3.05, 3.63) is 72.2 Å². The summed E-state index contributed by atoms with van der Waals surface area (Å²) < 4.78 is 10.6. The van der Waals surface area contributed by atoms with Crippen LogP contribution in [0, 0.1) is 0 Å². The molecule has 0 spiro atoms. The number of aromatic nitrogens is 3. The molecule has 3 heterocycles. The Morgan fingerprint density at radius 2 is 1.83 bits per heavy atom. The number of ether oxygens (including phenoxy) is 1. The zero-order valence-corrected chi connectivity index (χ0v) is 19.9. The summed E-state index contributed by atoms with van der Waals surface area (Å²) in [4.78, 5) is 26.1. The van der Waals surface area contributed by atoms with Crippen molar-refractivity contribution in [1.29, 1.82) is 0 Å². The molecule has 0 aliphatic carbocycles. The average Bonchev–Trinajstić information content (AvgIpc) is 3.38. The number of fused-ring (bicyclic) bond motifs is 1. The van der Waals surface area contributed by atoms with Crippen LogP contribution in [0.15, 0.2) is 65.3 Å². The quantitative estimate of drug-likeness (QED) is 0.385. The summed E-state index contributed by atoms with van der Waals surface area (Å²) in [6.45, 7) is 4.08. The lowest BCUT2D eigenvalue weighted by atomic mass is 10.1. The molecule has 35 heavy (non-hydrogen) atoms. The number of benzene rings is 2. The molecule has 8 heteroatoms. The number of pyridine rings is 1. The first kappa shape index (κ1) is 23.0. The van der Waals surface area contributed by atoms with Gasteiger partial charge < -0.3 is 14.2 Å². The van der Waals surface area contributed by atoms with Gasteiger partial charge in [0.1, 0.15) is 5.75 Å². The van der Waals surface area contributed by atoms with Gasteiger partial charge in [-0.15, -0.1) is 0 Å². The fraction of sp³-hybridized carbons (Fsp3) is 0.333. The maximum atomic E-state index is 12.7. The lowest BCUT2D eigenvalue weighted by molar-refractivity contribution is -0.133. The third-order valence-electron chi connectivity index (χ3n) is 6.43. The number of methoxy groups -OCH3 is 1. The maximum Gasteiger partial charge on any atom is 0.226 e. The summed E-state index contributed by atoms with van der Waals surface area (Å²) in [5, 5.41) is 5.22. The van der Waals surface area contributed by atoms with E-state index in [2.05, 4.69) is 44.3 Å². The Labute approximate surface area is 204 Å². The monoisotopic (exact) mass is 471 g/mol. The molecular formula is C27H29N5O3. The standard InChI is InChI=1S/C27H29N5O3/c1-34-23-12-10-21(11-13-23)27-29-24(35-30-27)8-3-9-25(33)32-17-15-31(16-18-32)19-22-6-2-5-20-7-4-14-28-26(20)22/h2,4-7,10-14H,3,8-9,15-19H2,1H3. The molecule has 2 aromatic heterocycles. The first-order chi connectivity index (χ1) is 17.2. The van der Waals surface area contributed by atoms with Crippen LogP contribution in [-0.2, 0) is 17.8 Å². The molecule has 180 valence electrons. The summed E-state index contributed by atoms with van der Waals surface area (Å²) in [5.74, 6) is 2.07. The van der Waals surface area contributed by atoms with Crippen molar-refractivity contribution in [2.75, 3.05) is 33.3 Å². The molecule has 1 fully saturated rings. The van der Waals surface area contributed by atoms with Crippen LogP contribution >= 0.6 is 0 Å². The smallest absolute Gasteiger partial charge is 0.226 e. The number of carbonyl (C=O) groups excluding carboxylic acids is 1. The van der Waals surface area contributed by atoms with Crippen molar-refractivity contribution in [1.82, 2.24) is 24.9 Å². The largest absolute Gasteiger partial charge is 0.497 e. The predicted octanol–water partition coefficient (Wildman–Crippen LogP) is 3.96. The second kappa shape index (κ2) is 10.7. The molecule has 4 aromatic rings. The number of nitrogens with zero attached hydrogens (tertiary/aromatic N) is 5. The Morgan fingerprint density at radius 3 is 2.63 bits per heavy atom. The predicted molar refractivity (Wildman–Crippen MR) is 133 cm³/mol. The molecule has 0 radical (unpaired) electrons. The van der Waals surface area contributed by atoms with E-state index >= 15 is 0 Å². The van der Waals surface area contributed by atoms with Gasteiger partial charge in [0.25, 0.3) is 0 Å². The normalized spacial score (nSPS) is 14.4. The zero-order chi connectivity index (χ0) is 24.0. The third kappa shape index (κ3) is 5.49. The number of rotatable bonds is 8. The second-order valence-corrected chi connectivity index (χ2v) is 8.74. The van der Waals surface area contributed by atoms with Gasteiger partial charge in [-0.2, -0.15) is 4.98 Å². The van der Waals surface area contributed by atoms with E-state index in [1.807, 2.05) is 41.4 Å². The molecule has 8 nitrogen and oxygen atoms in total. The molecule has 5 rings (SSSR count). The van der Waals surface area contributed by atoms with E-state index in [9.17, 15) is 4.79 Å². The first-order valence-electron chi connectivity index (χ1n) is 12.0. The van der Waals surface area contributed by atoms with Gasteiger partial charge in [0, 0.05) is 62.7 Å². The highest BCUT2D eigenvalue weighted by Crippen LogP contribution is 2.21. The van der Waals surface area contributed by atoms with Crippen molar-refractivity contribution in [3.8, 4) is 17.1 Å². The molecule has 0 atom stereocenters. The van der Waals surface area contributed by atoms with E-state index in [0.717, 1.165) is 54.9 Å². The van der Waals surface area contributed by atoms with Crippen molar-refractivity contribution >= 4 is 16.8 Å². The van der Waals surface area contributed by atoms with Gasteiger partial charge in [-0.1, -0.05) is 29.4 Å². The SMILES string of the molecule is COc1ccc(-c2noc(CCCC(=O)N3CCN(Cc4cccc5cccnc45)CC3)n2)cc1. The summed E-state index contributed by atoms with van der Waals surface area (Å²) in [7, 11) is 1.63. The highest BCUT2D eigenvalue weighted by Gasteiger charge is 2.21. The molecule has 2 aromatic carbocycles. The highest BCUT2D eigenvalue weighted by atomic mass is 16.5. The highest BCUT2D eigenvalue weighted by molar-refractivity contribution is 5.81. The van der Waals surface area contributed by atoms with Crippen LogP contribution in [0.4, 0.5) is 0 Å². The van der Waals surface area contributed by atoms with Gasteiger partial charge in [-0.3, -0.25) is 14.7 Å². The van der Waals surface area contributed by atoms with E-state index in [4.69, 9.17) is 9.26 Å². The van der Waals surface area contributed by atoms with Crippen molar-refractivity contribution in [2.45, 2.75) is 25.8 Å². The van der Waals surface area contributed by atoms with Crippen LogP contribution in [0.1, 0.15) is 24.3 Å². The molecule has 0 saturated carbocycles. The van der Waals surface area contributed by atoms with E-state index in [0.29, 0.717) is 31.0 Å². The van der Waals surface area contributed by atoms with Gasteiger partial charge in [-0.25, -0.2) is 0 Å². The lowest BCUT2D eigenvalue weighted by Gasteiger charge is -2.35. The van der Waals surface area contributed by atoms with E-state index < -0.39 is 0 Å². The molecule has 0 N–H and O–H groups in total. The molecule has 1 saturated heterocycles. The molecule has 1 aliphatic rings. The Kier molecular flexibility index (Phi) is 6.99. The fourth-order valence-corrected chi connectivity index (χ4v) is 4.45. The number of piperazine rings is 1. The topological polar surface area (TPSA) is 84.6 Å². The third-order valence-corrected chi connectivity index (χ3v) is 6.43. The van der Waals surface area contributed by atoms with Gasteiger partial charge in [0.15, 0.2) is 0 Å². The van der Waals surface area contributed by atoms with Crippen LogP contribution in [-0.4, -0.2) is 64.1 Å². The Bertz CT molecular complexity index is 1270.